The van der Waals surface area contributed by atoms with Gasteiger partial charge < -0.3 is 10.2 Å². The molecule has 2 amide bonds. The quantitative estimate of drug-likeness (QED) is 0.800. The zero-order valence-corrected chi connectivity index (χ0v) is 17.2. The molecule has 2 aromatic carbocycles. The number of carbonyl (C=O) groups excluding carboxylic acids is 2. The first-order chi connectivity index (χ1) is 13.8. The van der Waals surface area contributed by atoms with Crippen LogP contribution in [0.5, 0.6) is 0 Å². The lowest BCUT2D eigenvalue weighted by molar-refractivity contribution is 0.0695. The van der Waals surface area contributed by atoms with Crippen molar-refractivity contribution in [3.05, 3.63) is 65.7 Å². The highest BCUT2D eigenvalue weighted by Crippen LogP contribution is 2.16. The van der Waals surface area contributed by atoms with Crippen LogP contribution in [0, 0.1) is 0 Å². The molecule has 2 aromatic rings. The van der Waals surface area contributed by atoms with Crippen molar-refractivity contribution < 1.29 is 18.0 Å². The average molecular weight is 417 g/mol. The van der Waals surface area contributed by atoms with Gasteiger partial charge in [0, 0.05) is 57.1 Å². The van der Waals surface area contributed by atoms with Crippen LogP contribution in [-0.4, -0.2) is 74.0 Å². The third-order valence-electron chi connectivity index (χ3n) is 4.74. The van der Waals surface area contributed by atoms with E-state index in [2.05, 4.69) is 5.32 Å². The van der Waals surface area contributed by atoms with Crippen LogP contribution in [-0.2, 0) is 10.2 Å². The van der Waals surface area contributed by atoms with E-state index in [0.29, 0.717) is 29.9 Å². The van der Waals surface area contributed by atoms with Crippen molar-refractivity contribution in [3.63, 3.8) is 0 Å². The maximum Gasteiger partial charge on any atom is 0.281 e. The number of amides is 2. The van der Waals surface area contributed by atoms with E-state index >= 15 is 0 Å². The fraction of sp³-hybridized carbons (Fsp3) is 0.300. The van der Waals surface area contributed by atoms with E-state index in [0.717, 1.165) is 0 Å². The summed E-state index contributed by atoms with van der Waals surface area (Å²) in [4.78, 5) is 26.5. The molecule has 8 nitrogen and oxygen atoms in total. The van der Waals surface area contributed by atoms with E-state index in [1.54, 1.807) is 53.4 Å². The third-order valence-corrected chi connectivity index (χ3v) is 6.68. The molecule has 1 fully saturated rings. The molecule has 1 aliphatic rings. The Morgan fingerprint density at radius 2 is 1.45 bits per heavy atom. The number of nitrogens with one attached hydrogen (secondary N) is 1. The lowest BCUT2D eigenvalue weighted by Crippen LogP contribution is -2.53. The molecule has 9 heteroatoms. The molecule has 0 radical (unpaired) electrons. The van der Waals surface area contributed by atoms with Crippen LogP contribution in [0.25, 0.3) is 0 Å². The highest BCUT2D eigenvalue weighted by Gasteiger charge is 2.30. The number of piperazine rings is 1. The van der Waals surface area contributed by atoms with Gasteiger partial charge in [0.05, 0.1) is 0 Å². The zero-order valence-electron chi connectivity index (χ0n) is 16.4. The summed E-state index contributed by atoms with van der Waals surface area (Å²) in [6.45, 7) is 1.19. The Bertz CT molecular complexity index is 967. The molecule has 0 aliphatic carbocycles. The van der Waals surface area contributed by atoms with Crippen molar-refractivity contribution in [2.75, 3.05) is 45.6 Å². The Hall–Kier alpha value is -2.75. The van der Waals surface area contributed by atoms with E-state index in [9.17, 15) is 18.0 Å². The van der Waals surface area contributed by atoms with Gasteiger partial charge in [-0.2, -0.15) is 17.0 Å². The SMILES string of the molecule is CN(C)S(=O)(=O)N1CCN(C(=O)c2ccc(NC(=O)c3ccccc3)cc2)CC1. The van der Waals surface area contributed by atoms with E-state index in [-0.39, 0.29) is 24.9 Å². The van der Waals surface area contributed by atoms with Gasteiger partial charge in [0.15, 0.2) is 0 Å². The zero-order chi connectivity index (χ0) is 21.0. The van der Waals surface area contributed by atoms with Gasteiger partial charge in [-0.25, -0.2) is 0 Å². The molecule has 1 aliphatic heterocycles. The minimum Gasteiger partial charge on any atom is -0.336 e. The van der Waals surface area contributed by atoms with Crippen LogP contribution < -0.4 is 5.32 Å². The number of carbonyl (C=O) groups is 2. The summed E-state index contributed by atoms with van der Waals surface area (Å²) in [6, 6.07) is 15.6. The summed E-state index contributed by atoms with van der Waals surface area (Å²) in [5, 5.41) is 2.80. The summed E-state index contributed by atoms with van der Waals surface area (Å²) < 4.78 is 26.9. The monoisotopic (exact) mass is 416 g/mol. The molecule has 154 valence electrons. The van der Waals surface area contributed by atoms with E-state index in [1.165, 1.54) is 22.7 Å². The van der Waals surface area contributed by atoms with Crippen molar-refractivity contribution in [1.29, 1.82) is 0 Å². The molecule has 3 rings (SSSR count). The molecule has 29 heavy (non-hydrogen) atoms. The molecule has 0 saturated carbocycles. The molecule has 0 spiro atoms. The first kappa shape index (κ1) is 21.0. The molecule has 0 atom stereocenters. The Kier molecular flexibility index (Phi) is 6.31. The van der Waals surface area contributed by atoms with Gasteiger partial charge in [0.25, 0.3) is 22.0 Å². The van der Waals surface area contributed by atoms with E-state index < -0.39 is 10.2 Å². The lowest BCUT2D eigenvalue weighted by atomic mass is 10.1. The van der Waals surface area contributed by atoms with Crippen LogP contribution in [0.1, 0.15) is 20.7 Å². The number of nitrogens with zero attached hydrogens (tertiary/aromatic N) is 3. The van der Waals surface area contributed by atoms with Gasteiger partial charge in [-0.05, 0) is 36.4 Å². The fourth-order valence-corrected chi connectivity index (χ4v) is 4.11. The van der Waals surface area contributed by atoms with Gasteiger partial charge in [-0.3, -0.25) is 9.59 Å². The molecular formula is C20H24N4O4S. The second kappa shape index (κ2) is 8.73. The predicted octanol–water partition coefficient (Wildman–Crippen LogP) is 1.50. The average Bonchev–Trinajstić information content (AvgIpc) is 2.74. The normalized spacial score (nSPS) is 15.3. The Labute approximate surface area is 170 Å². The lowest BCUT2D eigenvalue weighted by Gasteiger charge is -2.35. The molecular weight excluding hydrogens is 392 g/mol. The molecule has 1 saturated heterocycles. The minimum absolute atomic E-state index is 0.159. The summed E-state index contributed by atoms with van der Waals surface area (Å²) in [5.74, 6) is -0.379. The van der Waals surface area contributed by atoms with E-state index in [4.69, 9.17) is 0 Å². The Balaban J connectivity index is 1.59. The van der Waals surface area contributed by atoms with Crippen LogP contribution in [0.3, 0.4) is 0 Å². The standard InChI is InChI=1S/C20H24N4O4S/c1-22(2)29(27,28)24-14-12-23(13-15-24)20(26)17-8-10-18(11-9-17)21-19(25)16-6-4-3-5-7-16/h3-11H,12-15H2,1-2H3,(H,21,25). The van der Waals surface area contributed by atoms with Gasteiger partial charge >= 0.3 is 0 Å². The predicted molar refractivity (Wildman–Crippen MR) is 111 cm³/mol. The molecule has 1 N–H and O–H groups in total. The van der Waals surface area contributed by atoms with Crippen molar-refractivity contribution in [1.82, 2.24) is 13.5 Å². The Morgan fingerprint density at radius 3 is 2.00 bits per heavy atom. The van der Waals surface area contributed by atoms with Crippen LogP contribution >= 0.6 is 0 Å². The maximum atomic E-state index is 12.7. The maximum absolute atomic E-state index is 12.7. The number of benzene rings is 2. The molecule has 1 heterocycles. The van der Waals surface area contributed by atoms with Gasteiger partial charge in [-0.15, -0.1) is 0 Å². The molecule has 0 aromatic heterocycles. The van der Waals surface area contributed by atoms with Crippen molar-refractivity contribution in [2.24, 2.45) is 0 Å². The Morgan fingerprint density at radius 1 is 0.862 bits per heavy atom. The van der Waals surface area contributed by atoms with Gasteiger partial charge in [-0.1, -0.05) is 18.2 Å². The van der Waals surface area contributed by atoms with Crippen LogP contribution in [0.4, 0.5) is 5.69 Å². The summed E-state index contributed by atoms with van der Waals surface area (Å²) in [6.07, 6.45) is 0. The minimum atomic E-state index is -3.47. The van der Waals surface area contributed by atoms with E-state index in [1.807, 2.05) is 6.07 Å². The smallest absolute Gasteiger partial charge is 0.281 e. The van der Waals surface area contributed by atoms with Crippen molar-refractivity contribution in [3.8, 4) is 0 Å². The molecule has 0 bridgehead atoms. The number of rotatable bonds is 5. The number of hydrogen-bond acceptors (Lipinski definition) is 4. The summed E-state index contributed by atoms with van der Waals surface area (Å²) >= 11 is 0. The molecule has 0 unspecified atom stereocenters. The first-order valence-corrected chi connectivity index (χ1v) is 10.6. The number of hydrogen-bond donors (Lipinski definition) is 1. The second-order valence-electron chi connectivity index (χ2n) is 6.88. The van der Waals surface area contributed by atoms with Gasteiger partial charge in [0.1, 0.15) is 0 Å². The summed E-state index contributed by atoms with van der Waals surface area (Å²) in [7, 11) is -0.483. The van der Waals surface area contributed by atoms with Crippen molar-refractivity contribution in [2.45, 2.75) is 0 Å². The first-order valence-electron chi connectivity index (χ1n) is 9.22. The van der Waals surface area contributed by atoms with Crippen LogP contribution in [0.15, 0.2) is 54.6 Å². The second-order valence-corrected chi connectivity index (χ2v) is 9.02. The number of anilines is 1. The largest absolute Gasteiger partial charge is 0.336 e. The fourth-order valence-electron chi connectivity index (χ4n) is 3.02. The highest BCUT2D eigenvalue weighted by atomic mass is 32.2. The van der Waals surface area contributed by atoms with Gasteiger partial charge in [0.2, 0.25) is 0 Å². The van der Waals surface area contributed by atoms with Crippen molar-refractivity contribution >= 4 is 27.7 Å². The third kappa shape index (κ3) is 4.81. The summed E-state index contributed by atoms with van der Waals surface area (Å²) in [5.41, 5.74) is 1.64. The van der Waals surface area contributed by atoms with Crippen LogP contribution in [0.2, 0.25) is 0 Å². The highest BCUT2D eigenvalue weighted by molar-refractivity contribution is 7.86. The topological polar surface area (TPSA) is 90.0 Å².